The quantitative estimate of drug-likeness (QED) is 0.872. The van der Waals surface area contributed by atoms with Crippen molar-refractivity contribution in [2.75, 3.05) is 23.4 Å². The molecule has 3 rings (SSSR count). The van der Waals surface area contributed by atoms with Crippen LogP contribution in [0.4, 0.5) is 22.0 Å². The van der Waals surface area contributed by atoms with Gasteiger partial charge in [0.15, 0.2) is 0 Å². The van der Waals surface area contributed by atoms with E-state index in [1.54, 1.807) is 4.90 Å². The number of anilines is 3. The molecule has 6 nitrogen and oxygen atoms in total. The van der Waals surface area contributed by atoms with Crippen molar-refractivity contribution in [3.63, 3.8) is 0 Å². The summed E-state index contributed by atoms with van der Waals surface area (Å²) in [4.78, 5) is 22.6. The topological polar surface area (TPSA) is 67.3 Å². The smallest absolute Gasteiger partial charge is 0.414 e. The van der Waals surface area contributed by atoms with Crippen LogP contribution in [0.5, 0.6) is 0 Å². The van der Waals surface area contributed by atoms with Crippen molar-refractivity contribution < 1.29 is 9.53 Å². The van der Waals surface area contributed by atoms with Crippen molar-refractivity contribution in [3.8, 4) is 0 Å². The molecule has 0 atom stereocenters. The van der Waals surface area contributed by atoms with E-state index in [-0.39, 0.29) is 12.0 Å². The predicted molar refractivity (Wildman–Crippen MR) is 98.6 cm³/mol. The minimum absolute atomic E-state index is 0.255. The molecule has 2 heterocycles. The van der Waals surface area contributed by atoms with Crippen molar-refractivity contribution in [1.82, 2.24) is 9.97 Å². The Labute approximate surface area is 148 Å². The van der Waals surface area contributed by atoms with Crippen LogP contribution in [-0.2, 0) is 4.74 Å². The fourth-order valence-electron chi connectivity index (χ4n) is 2.63. The van der Waals surface area contributed by atoms with Gasteiger partial charge in [0.25, 0.3) is 0 Å². The molecule has 1 aliphatic rings. The second-order valence-electron chi connectivity index (χ2n) is 6.79. The minimum Gasteiger partial charge on any atom is -0.447 e. The van der Waals surface area contributed by atoms with Gasteiger partial charge in [-0.1, -0.05) is 33.8 Å². The van der Waals surface area contributed by atoms with Gasteiger partial charge in [-0.3, -0.25) is 4.90 Å². The number of ether oxygens (including phenoxy) is 1. The number of amides is 1. The van der Waals surface area contributed by atoms with Crippen LogP contribution in [0.25, 0.3) is 0 Å². The molecule has 1 aromatic heterocycles. The Morgan fingerprint density at radius 1 is 1.12 bits per heavy atom. The Hall–Kier alpha value is -2.63. The minimum atomic E-state index is -0.302. The molecule has 0 unspecified atom stereocenters. The van der Waals surface area contributed by atoms with Crippen molar-refractivity contribution in [3.05, 3.63) is 41.9 Å². The number of carbonyl (C=O) groups excluding carboxylic acids is 1. The van der Waals surface area contributed by atoms with E-state index in [9.17, 15) is 4.79 Å². The summed E-state index contributed by atoms with van der Waals surface area (Å²) in [7, 11) is 0. The first-order chi connectivity index (χ1) is 11.9. The fraction of sp³-hybridized carbons (Fsp3) is 0.421. The molecular formula is C19H24N4O2. The molecule has 1 aromatic carbocycles. The van der Waals surface area contributed by atoms with Crippen LogP contribution in [-0.4, -0.2) is 29.2 Å². The van der Waals surface area contributed by atoms with Crippen LogP contribution in [0.1, 0.15) is 51.0 Å². The van der Waals surface area contributed by atoms with E-state index in [0.29, 0.717) is 19.1 Å². The van der Waals surface area contributed by atoms with Crippen LogP contribution in [0.2, 0.25) is 0 Å². The van der Waals surface area contributed by atoms with E-state index in [1.165, 1.54) is 0 Å². The SMILES string of the molecule is CC(C)c1cc(Nc2cccc(N3CCOC3=O)c2)nc(C(C)C)n1. The standard InChI is InChI=1S/C19H24N4O2/c1-12(2)16-11-17(22-18(21-16)13(3)4)20-14-6-5-7-15(10-14)23-8-9-25-19(23)24/h5-7,10-13H,8-9H2,1-4H3,(H,20,21,22). The van der Waals surface area contributed by atoms with Gasteiger partial charge >= 0.3 is 6.09 Å². The Morgan fingerprint density at radius 2 is 1.92 bits per heavy atom. The second-order valence-corrected chi connectivity index (χ2v) is 6.79. The number of benzene rings is 1. The molecule has 1 aliphatic heterocycles. The maximum atomic E-state index is 11.7. The number of rotatable bonds is 5. The lowest BCUT2D eigenvalue weighted by atomic mass is 10.1. The molecule has 1 amide bonds. The molecule has 132 valence electrons. The van der Waals surface area contributed by atoms with Crippen molar-refractivity contribution in [2.45, 2.75) is 39.5 Å². The summed E-state index contributed by atoms with van der Waals surface area (Å²) < 4.78 is 5.01. The van der Waals surface area contributed by atoms with Crippen LogP contribution < -0.4 is 10.2 Å². The molecule has 0 radical (unpaired) electrons. The Morgan fingerprint density at radius 3 is 2.56 bits per heavy atom. The van der Waals surface area contributed by atoms with Crippen LogP contribution in [0, 0.1) is 0 Å². The second kappa shape index (κ2) is 7.09. The number of aromatic nitrogens is 2. The highest BCUT2D eigenvalue weighted by Gasteiger charge is 2.23. The molecule has 0 spiro atoms. The monoisotopic (exact) mass is 340 g/mol. The molecule has 0 bridgehead atoms. The fourth-order valence-corrected chi connectivity index (χ4v) is 2.63. The zero-order valence-electron chi connectivity index (χ0n) is 15.1. The van der Waals surface area contributed by atoms with E-state index in [0.717, 1.165) is 28.7 Å². The maximum Gasteiger partial charge on any atom is 0.414 e. The lowest BCUT2D eigenvalue weighted by Crippen LogP contribution is -2.23. The number of nitrogens with zero attached hydrogens (tertiary/aromatic N) is 3. The lowest BCUT2D eigenvalue weighted by molar-refractivity contribution is 0.181. The van der Waals surface area contributed by atoms with Crippen molar-refractivity contribution in [2.24, 2.45) is 0 Å². The highest BCUT2D eigenvalue weighted by Crippen LogP contribution is 2.26. The van der Waals surface area contributed by atoms with Crippen molar-refractivity contribution in [1.29, 1.82) is 0 Å². The zero-order valence-corrected chi connectivity index (χ0v) is 15.1. The number of cyclic esters (lactones) is 1. The van der Waals surface area contributed by atoms with E-state index in [4.69, 9.17) is 4.74 Å². The average molecular weight is 340 g/mol. The summed E-state index contributed by atoms with van der Waals surface area (Å²) in [5, 5.41) is 3.34. The lowest BCUT2D eigenvalue weighted by Gasteiger charge is -2.16. The summed E-state index contributed by atoms with van der Waals surface area (Å²) in [5.41, 5.74) is 2.70. The molecule has 25 heavy (non-hydrogen) atoms. The maximum absolute atomic E-state index is 11.7. The zero-order chi connectivity index (χ0) is 18.0. The number of carbonyl (C=O) groups is 1. The summed E-state index contributed by atoms with van der Waals surface area (Å²) in [6.45, 7) is 9.42. The molecule has 2 aromatic rings. The number of nitrogens with one attached hydrogen (secondary N) is 1. The van der Waals surface area contributed by atoms with Gasteiger partial charge in [0.2, 0.25) is 0 Å². The summed E-state index contributed by atoms with van der Waals surface area (Å²) in [6, 6.07) is 9.68. The Balaban J connectivity index is 1.88. The van der Waals surface area contributed by atoms with Gasteiger partial charge in [-0.25, -0.2) is 14.8 Å². The third kappa shape index (κ3) is 3.90. The van der Waals surface area contributed by atoms with Crippen molar-refractivity contribution >= 4 is 23.3 Å². The molecular weight excluding hydrogens is 316 g/mol. The van der Waals surface area contributed by atoms with Gasteiger partial charge in [-0.05, 0) is 24.1 Å². The Bertz CT molecular complexity index is 748. The van der Waals surface area contributed by atoms with E-state index in [1.807, 2.05) is 30.3 Å². The molecule has 1 N–H and O–H groups in total. The van der Waals surface area contributed by atoms with Crippen LogP contribution >= 0.6 is 0 Å². The normalized spacial score (nSPS) is 14.3. The third-order valence-electron chi connectivity index (χ3n) is 4.06. The molecule has 1 saturated heterocycles. The van der Waals surface area contributed by atoms with Gasteiger partial charge in [0.05, 0.1) is 6.54 Å². The summed E-state index contributed by atoms with van der Waals surface area (Å²) in [5.74, 6) is 2.17. The third-order valence-corrected chi connectivity index (χ3v) is 4.06. The first-order valence-electron chi connectivity index (χ1n) is 8.64. The van der Waals surface area contributed by atoms with Gasteiger partial charge in [0, 0.05) is 29.1 Å². The summed E-state index contributed by atoms with van der Waals surface area (Å²) >= 11 is 0. The first kappa shape index (κ1) is 17.2. The van der Waals surface area contributed by atoms with E-state index < -0.39 is 0 Å². The van der Waals surface area contributed by atoms with E-state index >= 15 is 0 Å². The largest absolute Gasteiger partial charge is 0.447 e. The molecule has 1 fully saturated rings. The molecule has 6 heteroatoms. The first-order valence-corrected chi connectivity index (χ1v) is 8.64. The van der Waals surface area contributed by atoms with Gasteiger partial charge in [-0.15, -0.1) is 0 Å². The summed E-state index contributed by atoms with van der Waals surface area (Å²) in [6.07, 6.45) is -0.302. The van der Waals surface area contributed by atoms with Gasteiger partial charge < -0.3 is 10.1 Å². The van der Waals surface area contributed by atoms with Crippen LogP contribution in [0.3, 0.4) is 0 Å². The number of hydrogen-bond donors (Lipinski definition) is 1. The van der Waals surface area contributed by atoms with Gasteiger partial charge in [0.1, 0.15) is 18.2 Å². The van der Waals surface area contributed by atoms with Crippen LogP contribution in [0.15, 0.2) is 30.3 Å². The molecule has 0 saturated carbocycles. The number of hydrogen-bond acceptors (Lipinski definition) is 5. The van der Waals surface area contributed by atoms with E-state index in [2.05, 4.69) is 43.0 Å². The van der Waals surface area contributed by atoms with Gasteiger partial charge in [-0.2, -0.15) is 0 Å². The molecule has 0 aliphatic carbocycles. The highest BCUT2D eigenvalue weighted by atomic mass is 16.6. The highest BCUT2D eigenvalue weighted by molar-refractivity contribution is 5.90. The predicted octanol–water partition coefficient (Wildman–Crippen LogP) is 4.42. The average Bonchev–Trinajstić information content (AvgIpc) is 3.00. The Kier molecular flexibility index (Phi) is 4.88.